The maximum Gasteiger partial charge on any atom is 0.242 e. The highest BCUT2D eigenvalue weighted by Crippen LogP contribution is 2.18. The number of benzene rings is 1. The van der Waals surface area contributed by atoms with Crippen molar-refractivity contribution in [2.45, 2.75) is 58.0 Å². The number of carbonyl (C=O) groups is 2. The van der Waals surface area contributed by atoms with Crippen LogP contribution in [0.5, 0.6) is 0 Å². The standard InChI is InChI=1S/C19H29N3O2/c1-14-6-8-16(9-7-14)10-11-18(23)21-13-19(24)22-12-4-3-5-17(22)15(2)20/h6-9,15,17H,3-5,10-13,20H2,1-2H3,(H,21,23). The molecule has 0 spiro atoms. The van der Waals surface area contributed by atoms with E-state index in [9.17, 15) is 9.59 Å². The molecule has 0 aromatic heterocycles. The predicted molar refractivity (Wildman–Crippen MR) is 95.5 cm³/mol. The van der Waals surface area contributed by atoms with E-state index >= 15 is 0 Å². The molecule has 5 nitrogen and oxygen atoms in total. The van der Waals surface area contributed by atoms with Gasteiger partial charge in [-0.2, -0.15) is 0 Å². The molecule has 5 heteroatoms. The maximum absolute atomic E-state index is 12.4. The van der Waals surface area contributed by atoms with Crippen molar-refractivity contribution < 1.29 is 9.59 Å². The molecule has 1 saturated heterocycles. The molecule has 0 radical (unpaired) electrons. The van der Waals surface area contributed by atoms with Crippen LogP contribution in [0.15, 0.2) is 24.3 Å². The highest BCUT2D eigenvalue weighted by Gasteiger charge is 2.28. The van der Waals surface area contributed by atoms with Crippen molar-refractivity contribution in [1.82, 2.24) is 10.2 Å². The largest absolute Gasteiger partial charge is 0.347 e. The molecule has 1 fully saturated rings. The lowest BCUT2D eigenvalue weighted by Crippen LogP contribution is -2.54. The van der Waals surface area contributed by atoms with Gasteiger partial charge in [-0.25, -0.2) is 0 Å². The molecule has 1 aromatic carbocycles. The minimum absolute atomic E-state index is 0.0271. The Hall–Kier alpha value is -1.88. The Morgan fingerprint density at radius 2 is 2.00 bits per heavy atom. The second-order valence-electron chi connectivity index (χ2n) is 6.77. The number of amides is 2. The molecule has 2 atom stereocenters. The number of likely N-dealkylation sites (tertiary alicyclic amines) is 1. The van der Waals surface area contributed by atoms with Gasteiger partial charge in [0.05, 0.1) is 6.54 Å². The van der Waals surface area contributed by atoms with Gasteiger partial charge in [0.25, 0.3) is 0 Å². The SMILES string of the molecule is Cc1ccc(CCC(=O)NCC(=O)N2CCCCC2C(C)N)cc1. The molecule has 1 heterocycles. The number of hydrogen-bond acceptors (Lipinski definition) is 3. The summed E-state index contributed by atoms with van der Waals surface area (Å²) in [5.41, 5.74) is 8.33. The summed E-state index contributed by atoms with van der Waals surface area (Å²) < 4.78 is 0. The fraction of sp³-hybridized carbons (Fsp3) is 0.579. The quantitative estimate of drug-likeness (QED) is 0.834. The van der Waals surface area contributed by atoms with E-state index in [1.807, 2.05) is 43.0 Å². The zero-order valence-electron chi connectivity index (χ0n) is 14.8. The van der Waals surface area contributed by atoms with E-state index < -0.39 is 0 Å². The number of piperidine rings is 1. The number of hydrogen-bond donors (Lipinski definition) is 2. The van der Waals surface area contributed by atoms with Crippen LogP contribution in [0.4, 0.5) is 0 Å². The number of nitrogens with two attached hydrogens (primary N) is 1. The topological polar surface area (TPSA) is 75.4 Å². The van der Waals surface area contributed by atoms with E-state index in [1.54, 1.807) is 0 Å². The summed E-state index contributed by atoms with van der Waals surface area (Å²) in [5.74, 6) is -0.112. The van der Waals surface area contributed by atoms with Crippen LogP contribution >= 0.6 is 0 Å². The first kappa shape index (κ1) is 18.5. The number of nitrogens with one attached hydrogen (secondary N) is 1. The van der Waals surface area contributed by atoms with Crippen molar-refractivity contribution in [1.29, 1.82) is 0 Å². The van der Waals surface area contributed by atoms with Crippen LogP contribution in [0.25, 0.3) is 0 Å². The molecule has 2 unspecified atom stereocenters. The van der Waals surface area contributed by atoms with Crippen LogP contribution < -0.4 is 11.1 Å². The van der Waals surface area contributed by atoms with Gasteiger partial charge in [-0.1, -0.05) is 29.8 Å². The van der Waals surface area contributed by atoms with Gasteiger partial charge in [0.2, 0.25) is 11.8 Å². The molecule has 2 amide bonds. The van der Waals surface area contributed by atoms with Crippen LogP contribution in [0.3, 0.4) is 0 Å². The second-order valence-corrected chi connectivity index (χ2v) is 6.77. The number of aryl methyl sites for hydroxylation is 2. The van der Waals surface area contributed by atoms with Gasteiger partial charge in [-0.05, 0) is 45.1 Å². The minimum Gasteiger partial charge on any atom is -0.347 e. The van der Waals surface area contributed by atoms with Crippen molar-refractivity contribution in [3.8, 4) is 0 Å². The van der Waals surface area contributed by atoms with E-state index in [1.165, 1.54) is 5.56 Å². The van der Waals surface area contributed by atoms with E-state index in [0.29, 0.717) is 12.8 Å². The summed E-state index contributed by atoms with van der Waals surface area (Å²) in [6, 6.07) is 8.22. The molecule has 2 rings (SSSR count). The Morgan fingerprint density at radius 3 is 2.67 bits per heavy atom. The molecule has 0 bridgehead atoms. The molecule has 132 valence electrons. The first-order chi connectivity index (χ1) is 11.5. The van der Waals surface area contributed by atoms with Crippen molar-refractivity contribution in [2.75, 3.05) is 13.1 Å². The molecule has 3 N–H and O–H groups in total. The Bertz CT molecular complexity index is 554. The summed E-state index contributed by atoms with van der Waals surface area (Å²) in [4.78, 5) is 26.2. The molecular weight excluding hydrogens is 302 g/mol. The van der Waals surface area contributed by atoms with Gasteiger partial charge in [0, 0.05) is 25.0 Å². The van der Waals surface area contributed by atoms with Crippen LogP contribution in [0, 0.1) is 6.92 Å². The zero-order valence-corrected chi connectivity index (χ0v) is 14.8. The lowest BCUT2D eigenvalue weighted by atomic mass is 9.97. The third kappa shape index (κ3) is 5.34. The van der Waals surface area contributed by atoms with Crippen LogP contribution in [-0.2, 0) is 16.0 Å². The third-order valence-electron chi connectivity index (χ3n) is 4.67. The fourth-order valence-corrected chi connectivity index (χ4v) is 3.19. The number of rotatable bonds is 6. The zero-order chi connectivity index (χ0) is 17.5. The van der Waals surface area contributed by atoms with E-state index in [0.717, 1.165) is 31.4 Å². The smallest absolute Gasteiger partial charge is 0.242 e. The van der Waals surface area contributed by atoms with Crippen LogP contribution in [-0.4, -0.2) is 41.9 Å². The normalized spacial score (nSPS) is 19.0. The third-order valence-corrected chi connectivity index (χ3v) is 4.67. The Labute approximate surface area is 144 Å². The first-order valence-corrected chi connectivity index (χ1v) is 8.84. The molecule has 0 aliphatic carbocycles. The van der Waals surface area contributed by atoms with Crippen molar-refractivity contribution in [3.05, 3.63) is 35.4 Å². The average Bonchev–Trinajstić information content (AvgIpc) is 2.59. The van der Waals surface area contributed by atoms with Gasteiger partial charge in [0.1, 0.15) is 0 Å². The molecular formula is C19H29N3O2. The first-order valence-electron chi connectivity index (χ1n) is 8.84. The Kier molecular flexibility index (Phi) is 6.79. The second kappa shape index (κ2) is 8.83. The lowest BCUT2D eigenvalue weighted by molar-refractivity contribution is -0.136. The van der Waals surface area contributed by atoms with Crippen molar-refractivity contribution >= 4 is 11.8 Å². The summed E-state index contributed by atoms with van der Waals surface area (Å²) >= 11 is 0. The number of nitrogens with zero attached hydrogens (tertiary/aromatic N) is 1. The highest BCUT2D eigenvalue weighted by molar-refractivity contribution is 5.85. The van der Waals surface area contributed by atoms with E-state index in [2.05, 4.69) is 5.32 Å². The summed E-state index contributed by atoms with van der Waals surface area (Å²) in [5, 5.41) is 2.75. The molecule has 1 aliphatic rings. The van der Waals surface area contributed by atoms with Gasteiger partial charge < -0.3 is 16.0 Å². The highest BCUT2D eigenvalue weighted by atomic mass is 16.2. The van der Waals surface area contributed by atoms with Crippen molar-refractivity contribution in [3.63, 3.8) is 0 Å². The maximum atomic E-state index is 12.4. The molecule has 1 aromatic rings. The minimum atomic E-state index is -0.0849. The van der Waals surface area contributed by atoms with Gasteiger partial charge >= 0.3 is 0 Å². The fourth-order valence-electron chi connectivity index (χ4n) is 3.19. The van der Waals surface area contributed by atoms with Crippen LogP contribution in [0.2, 0.25) is 0 Å². The lowest BCUT2D eigenvalue weighted by Gasteiger charge is -2.38. The van der Waals surface area contributed by atoms with Gasteiger partial charge in [0.15, 0.2) is 0 Å². The predicted octanol–water partition coefficient (Wildman–Crippen LogP) is 1.77. The number of carbonyl (C=O) groups excluding carboxylic acids is 2. The average molecular weight is 331 g/mol. The van der Waals surface area contributed by atoms with Gasteiger partial charge in [-0.3, -0.25) is 9.59 Å². The van der Waals surface area contributed by atoms with E-state index in [4.69, 9.17) is 5.73 Å². The Morgan fingerprint density at radius 1 is 1.29 bits per heavy atom. The van der Waals surface area contributed by atoms with Crippen molar-refractivity contribution in [2.24, 2.45) is 5.73 Å². The molecule has 1 aliphatic heterocycles. The summed E-state index contributed by atoms with van der Waals surface area (Å²) in [6.45, 7) is 4.79. The Balaban J connectivity index is 1.76. The summed E-state index contributed by atoms with van der Waals surface area (Å²) in [7, 11) is 0. The molecule has 0 saturated carbocycles. The molecule has 24 heavy (non-hydrogen) atoms. The van der Waals surface area contributed by atoms with E-state index in [-0.39, 0.29) is 30.4 Å². The van der Waals surface area contributed by atoms with Gasteiger partial charge in [-0.15, -0.1) is 0 Å². The van der Waals surface area contributed by atoms with Crippen LogP contribution in [0.1, 0.15) is 43.7 Å². The summed E-state index contributed by atoms with van der Waals surface area (Å²) in [6.07, 6.45) is 4.15. The monoisotopic (exact) mass is 331 g/mol.